The van der Waals surface area contributed by atoms with Crippen LogP contribution in [-0.2, 0) is 0 Å². The highest BCUT2D eigenvalue weighted by Gasteiger charge is 2.45. The molecule has 3 atom stereocenters. The Morgan fingerprint density at radius 1 is 1.47 bits per heavy atom. The van der Waals surface area contributed by atoms with Crippen LogP contribution < -0.4 is 0 Å². The molecule has 4 nitrogen and oxygen atoms in total. The molecular formula is C10H18FNO3. The van der Waals surface area contributed by atoms with Crippen LogP contribution in [0.25, 0.3) is 0 Å². The van der Waals surface area contributed by atoms with Gasteiger partial charge in [-0.2, -0.15) is 0 Å². The normalized spacial score (nSPS) is 32.9. The Morgan fingerprint density at radius 2 is 2.00 bits per heavy atom. The molecule has 1 heterocycles. The van der Waals surface area contributed by atoms with E-state index in [0.29, 0.717) is 0 Å². The minimum atomic E-state index is -1.50. The lowest BCUT2D eigenvalue weighted by Crippen LogP contribution is -2.59. The molecule has 2 N–H and O–H groups in total. The number of amides is 1. The first kappa shape index (κ1) is 12.2. The summed E-state index contributed by atoms with van der Waals surface area (Å²) in [5.74, 6) is 0. The lowest BCUT2D eigenvalue weighted by Gasteiger charge is -2.45. The molecule has 5 heteroatoms. The molecule has 88 valence electrons. The van der Waals surface area contributed by atoms with Crippen molar-refractivity contribution in [1.82, 2.24) is 4.90 Å². The van der Waals surface area contributed by atoms with Gasteiger partial charge in [0.15, 0.2) is 0 Å². The highest BCUT2D eigenvalue weighted by molar-refractivity contribution is 5.66. The average Bonchev–Trinajstić information content (AvgIpc) is 2.06. The van der Waals surface area contributed by atoms with Crippen LogP contribution >= 0.6 is 0 Å². The number of hydrogen-bond acceptors (Lipinski definition) is 2. The molecule has 15 heavy (non-hydrogen) atoms. The van der Waals surface area contributed by atoms with E-state index in [2.05, 4.69) is 0 Å². The van der Waals surface area contributed by atoms with Crippen molar-refractivity contribution < 1.29 is 19.4 Å². The van der Waals surface area contributed by atoms with Gasteiger partial charge in [-0.1, -0.05) is 20.8 Å². The lowest BCUT2D eigenvalue weighted by atomic mass is 9.79. The molecule has 1 fully saturated rings. The number of carboxylic acid groups (broad SMARTS) is 1. The fraction of sp³-hybridized carbons (Fsp3) is 0.900. The first-order valence-electron chi connectivity index (χ1n) is 5.07. The van der Waals surface area contributed by atoms with Gasteiger partial charge >= 0.3 is 6.09 Å². The van der Waals surface area contributed by atoms with Crippen molar-refractivity contribution in [2.24, 2.45) is 5.41 Å². The van der Waals surface area contributed by atoms with Crippen LogP contribution in [-0.4, -0.2) is 46.1 Å². The molecule has 1 aliphatic heterocycles. The van der Waals surface area contributed by atoms with Gasteiger partial charge in [-0.25, -0.2) is 9.18 Å². The first-order valence-corrected chi connectivity index (χ1v) is 5.07. The van der Waals surface area contributed by atoms with Gasteiger partial charge in [0.1, 0.15) is 6.17 Å². The summed E-state index contributed by atoms with van der Waals surface area (Å²) in [6.45, 7) is 5.52. The van der Waals surface area contributed by atoms with E-state index in [0.717, 1.165) is 4.90 Å². The number of alkyl halides is 1. The molecule has 1 amide bonds. The standard InChI is InChI=1S/C10H18FNO3/c1-10(2,3)8-7(11)6(13)4-5-12(8)9(14)15/h6-8,13H,4-5H2,1-3H3,(H,14,15)/t6?,7-,8?/m1/s1. The Hall–Kier alpha value is -0.840. The zero-order valence-corrected chi connectivity index (χ0v) is 9.27. The molecule has 0 spiro atoms. The van der Waals surface area contributed by atoms with Crippen molar-refractivity contribution in [3.63, 3.8) is 0 Å². The molecule has 1 saturated heterocycles. The third-order valence-corrected chi connectivity index (χ3v) is 2.80. The van der Waals surface area contributed by atoms with Crippen LogP contribution in [0.5, 0.6) is 0 Å². The molecule has 0 aromatic rings. The number of rotatable bonds is 0. The predicted molar refractivity (Wildman–Crippen MR) is 53.5 cm³/mol. The minimum absolute atomic E-state index is 0.167. The van der Waals surface area contributed by atoms with Crippen LogP contribution in [0.1, 0.15) is 27.2 Å². The van der Waals surface area contributed by atoms with Gasteiger partial charge in [0.2, 0.25) is 0 Å². The highest BCUT2D eigenvalue weighted by atomic mass is 19.1. The van der Waals surface area contributed by atoms with Gasteiger partial charge in [0.25, 0.3) is 0 Å². The zero-order chi connectivity index (χ0) is 11.8. The Morgan fingerprint density at radius 3 is 2.40 bits per heavy atom. The predicted octanol–water partition coefficient (Wildman–Crippen LogP) is 1.48. The smallest absolute Gasteiger partial charge is 0.407 e. The molecule has 0 aromatic heterocycles. The minimum Gasteiger partial charge on any atom is -0.465 e. The molecule has 0 saturated carbocycles. The van der Waals surface area contributed by atoms with Crippen LogP contribution in [0, 0.1) is 5.41 Å². The Bertz CT molecular complexity index is 252. The average molecular weight is 219 g/mol. The first-order chi connectivity index (χ1) is 6.75. The Balaban J connectivity index is 2.95. The van der Waals surface area contributed by atoms with Crippen LogP contribution in [0.3, 0.4) is 0 Å². The van der Waals surface area contributed by atoms with E-state index >= 15 is 0 Å². The maximum absolute atomic E-state index is 13.8. The second-order valence-electron chi connectivity index (χ2n) is 5.09. The number of hydrogen-bond donors (Lipinski definition) is 2. The number of nitrogens with zero attached hydrogens (tertiary/aromatic N) is 1. The summed E-state index contributed by atoms with van der Waals surface area (Å²) in [6, 6.07) is -0.779. The molecule has 0 aromatic carbocycles. The molecule has 2 unspecified atom stereocenters. The number of piperidine rings is 1. The van der Waals surface area contributed by atoms with E-state index in [-0.39, 0.29) is 13.0 Å². The number of carbonyl (C=O) groups is 1. The van der Waals surface area contributed by atoms with Gasteiger partial charge in [-0.15, -0.1) is 0 Å². The molecule has 0 aliphatic carbocycles. The van der Waals surface area contributed by atoms with E-state index < -0.39 is 29.8 Å². The van der Waals surface area contributed by atoms with Gasteiger partial charge in [0.05, 0.1) is 12.1 Å². The fourth-order valence-corrected chi connectivity index (χ4v) is 2.11. The largest absolute Gasteiger partial charge is 0.465 e. The van der Waals surface area contributed by atoms with Crippen molar-refractivity contribution in [2.75, 3.05) is 6.54 Å². The van der Waals surface area contributed by atoms with E-state index in [4.69, 9.17) is 5.11 Å². The van der Waals surface area contributed by atoms with Gasteiger partial charge in [0, 0.05) is 6.54 Å². The molecule has 1 rings (SSSR count). The summed E-state index contributed by atoms with van der Waals surface area (Å²) in [5, 5.41) is 18.4. The van der Waals surface area contributed by atoms with Gasteiger partial charge < -0.3 is 15.1 Å². The summed E-state index contributed by atoms with van der Waals surface area (Å²) >= 11 is 0. The summed E-state index contributed by atoms with van der Waals surface area (Å²) < 4.78 is 13.8. The third-order valence-electron chi connectivity index (χ3n) is 2.80. The summed E-state index contributed by atoms with van der Waals surface area (Å²) in [4.78, 5) is 12.0. The Labute approximate surface area is 88.7 Å². The zero-order valence-electron chi connectivity index (χ0n) is 9.27. The second kappa shape index (κ2) is 3.96. The van der Waals surface area contributed by atoms with Gasteiger partial charge in [-0.05, 0) is 11.8 Å². The maximum Gasteiger partial charge on any atom is 0.407 e. The van der Waals surface area contributed by atoms with Gasteiger partial charge in [-0.3, -0.25) is 0 Å². The molecule has 0 radical (unpaired) electrons. The van der Waals surface area contributed by atoms with E-state index in [1.165, 1.54) is 0 Å². The SMILES string of the molecule is CC(C)(C)C1[C@H](F)C(O)CCN1C(=O)O. The van der Waals surface area contributed by atoms with E-state index in [1.54, 1.807) is 20.8 Å². The quantitative estimate of drug-likeness (QED) is 0.648. The summed E-state index contributed by atoms with van der Waals surface area (Å²) in [5.41, 5.74) is -0.515. The topological polar surface area (TPSA) is 60.8 Å². The summed E-state index contributed by atoms with van der Waals surface area (Å²) in [7, 11) is 0. The number of halogens is 1. The molecular weight excluding hydrogens is 201 g/mol. The lowest BCUT2D eigenvalue weighted by molar-refractivity contribution is -0.0609. The van der Waals surface area contributed by atoms with Crippen molar-refractivity contribution in [1.29, 1.82) is 0 Å². The molecule has 1 aliphatic rings. The molecule has 0 bridgehead atoms. The van der Waals surface area contributed by atoms with Crippen LogP contribution in [0.15, 0.2) is 0 Å². The summed E-state index contributed by atoms with van der Waals surface area (Å²) in [6.07, 6.45) is -3.51. The third kappa shape index (κ3) is 2.40. The van der Waals surface area contributed by atoms with Crippen molar-refractivity contribution in [3.8, 4) is 0 Å². The highest BCUT2D eigenvalue weighted by Crippen LogP contribution is 2.33. The van der Waals surface area contributed by atoms with Crippen molar-refractivity contribution >= 4 is 6.09 Å². The second-order valence-corrected chi connectivity index (χ2v) is 5.09. The van der Waals surface area contributed by atoms with E-state index in [9.17, 15) is 14.3 Å². The Kier molecular flexibility index (Phi) is 3.23. The fourth-order valence-electron chi connectivity index (χ4n) is 2.11. The van der Waals surface area contributed by atoms with E-state index in [1.807, 2.05) is 0 Å². The number of likely N-dealkylation sites (tertiary alicyclic amines) is 1. The monoisotopic (exact) mass is 219 g/mol. The van der Waals surface area contributed by atoms with Crippen molar-refractivity contribution in [2.45, 2.75) is 45.5 Å². The van der Waals surface area contributed by atoms with Crippen molar-refractivity contribution in [3.05, 3.63) is 0 Å². The number of aliphatic hydroxyl groups excluding tert-OH is 1. The maximum atomic E-state index is 13.8. The van der Waals surface area contributed by atoms with Crippen LogP contribution in [0.4, 0.5) is 9.18 Å². The number of aliphatic hydroxyl groups is 1. The van der Waals surface area contributed by atoms with Crippen LogP contribution in [0.2, 0.25) is 0 Å².